The Morgan fingerprint density at radius 2 is 1.11 bits per heavy atom. The van der Waals surface area contributed by atoms with Crippen molar-refractivity contribution < 1.29 is 32.8 Å². The highest BCUT2D eigenvalue weighted by Crippen LogP contribution is 2.29. The number of unbranched alkanes of at least 4 members (excludes halogenated alkanes) is 12. The van der Waals surface area contributed by atoms with Gasteiger partial charge in [0, 0.05) is 0 Å². The van der Waals surface area contributed by atoms with Crippen molar-refractivity contribution in [2.75, 3.05) is 0 Å². The second-order valence-corrected chi connectivity index (χ2v) is 9.07. The Balaban J connectivity index is 4.00. The summed E-state index contributed by atoms with van der Waals surface area (Å²) in [5.41, 5.74) is 0. The Kier molecular flexibility index (Phi) is 13.3. The molecule has 0 saturated carbocycles. The van der Waals surface area contributed by atoms with E-state index in [9.17, 15) is 27.7 Å². The maximum absolute atomic E-state index is 11.5. The van der Waals surface area contributed by atoms with E-state index in [4.69, 9.17) is 5.11 Å². The van der Waals surface area contributed by atoms with Crippen LogP contribution in [-0.4, -0.2) is 39.9 Å². The minimum atomic E-state index is -5.02. The van der Waals surface area contributed by atoms with Gasteiger partial charge in [0.1, 0.15) is 0 Å². The van der Waals surface area contributed by atoms with Crippen LogP contribution in [0.25, 0.3) is 0 Å². The van der Waals surface area contributed by atoms with Gasteiger partial charge in [-0.2, -0.15) is 8.42 Å². The molecular weight excluding hydrogens is 372 g/mol. The lowest BCUT2D eigenvalue weighted by Gasteiger charge is -2.24. The Morgan fingerprint density at radius 3 is 1.41 bits per heavy atom. The second-order valence-electron chi connectivity index (χ2n) is 7.34. The molecule has 0 spiro atoms. The van der Waals surface area contributed by atoms with E-state index in [-0.39, 0.29) is 6.42 Å². The van der Waals surface area contributed by atoms with Crippen molar-refractivity contribution in [2.24, 2.45) is 0 Å². The highest BCUT2D eigenvalue weighted by Gasteiger charge is 2.51. The fraction of sp³-hybridized carbons (Fsp3) is 0.895. The molecule has 0 fully saturated rings. The van der Waals surface area contributed by atoms with Crippen LogP contribution in [0.1, 0.15) is 103 Å². The first-order chi connectivity index (χ1) is 12.7. The van der Waals surface area contributed by atoms with Crippen molar-refractivity contribution in [1.29, 1.82) is 0 Å². The Morgan fingerprint density at radius 1 is 0.741 bits per heavy atom. The van der Waals surface area contributed by atoms with Crippen LogP contribution in [0.4, 0.5) is 0 Å². The van der Waals surface area contributed by atoms with Gasteiger partial charge in [-0.3, -0.25) is 14.1 Å². The van der Waals surface area contributed by atoms with Crippen molar-refractivity contribution in [3.63, 3.8) is 0 Å². The molecule has 0 aromatic heterocycles. The standard InChI is InChI=1S/C19H36O7S/c1-2-3-4-5-6-7-8-9-10-11-12-13-14-15-19(18(22)23,16-17(20)21)27(24,25)26/h2-16H2,1H3,(H,20,21)(H,22,23)(H,24,25,26). The maximum Gasteiger partial charge on any atom is 0.328 e. The highest BCUT2D eigenvalue weighted by molar-refractivity contribution is 7.88. The largest absolute Gasteiger partial charge is 0.481 e. The number of carboxylic acid groups (broad SMARTS) is 2. The van der Waals surface area contributed by atoms with Gasteiger partial charge in [0.25, 0.3) is 10.1 Å². The summed E-state index contributed by atoms with van der Waals surface area (Å²) in [6.45, 7) is 2.20. The summed E-state index contributed by atoms with van der Waals surface area (Å²) in [5, 5.41) is 18.0. The third-order valence-corrected chi connectivity index (χ3v) is 6.52. The third-order valence-electron chi connectivity index (χ3n) is 5.00. The quantitative estimate of drug-likeness (QED) is 0.222. The van der Waals surface area contributed by atoms with E-state index >= 15 is 0 Å². The first kappa shape index (κ1) is 25.9. The second kappa shape index (κ2) is 13.9. The van der Waals surface area contributed by atoms with Crippen molar-refractivity contribution in [2.45, 2.75) is 108 Å². The van der Waals surface area contributed by atoms with Crippen LogP contribution in [0, 0.1) is 0 Å². The SMILES string of the molecule is CCCCCCCCCCCCCCCC(CC(=O)O)(C(=O)O)S(=O)(=O)O. The van der Waals surface area contributed by atoms with Gasteiger partial charge in [0.2, 0.25) is 4.75 Å². The van der Waals surface area contributed by atoms with E-state index < -0.39 is 39.6 Å². The van der Waals surface area contributed by atoms with Crippen LogP contribution in [0.3, 0.4) is 0 Å². The molecule has 160 valence electrons. The first-order valence-electron chi connectivity index (χ1n) is 10.1. The number of rotatable bonds is 18. The normalized spacial score (nSPS) is 14.0. The van der Waals surface area contributed by atoms with Crippen molar-refractivity contribution in [1.82, 2.24) is 0 Å². The third kappa shape index (κ3) is 10.7. The summed E-state index contributed by atoms with van der Waals surface area (Å²) in [5.74, 6) is -3.38. The summed E-state index contributed by atoms with van der Waals surface area (Å²) >= 11 is 0. The minimum Gasteiger partial charge on any atom is -0.481 e. The number of carboxylic acids is 2. The summed E-state index contributed by atoms with van der Waals surface area (Å²) in [6, 6.07) is 0. The van der Waals surface area contributed by atoms with Gasteiger partial charge in [0.15, 0.2) is 0 Å². The van der Waals surface area contributed by atoms with E-state index in [0.29, 0.717) is 6.42 Å². The summed E-state index contributed by atoms with van der Waals surface area (Å²) < 4.78 is 29.6. The van der Waals surface area contributed by atoms with Gasteiger partial charge < -0.3 is 10.2 Å². The van der Waals surface area contributed by atoms with Gasteiger partial charge in [-0.05, 0) is 6.42 Å². The summed E-state index contributed by atoms with van der Waals surface area (Å²) in [7, 11) is -5.02. The molecule has 0 heterocycles. The van der Waals surface area contributed by atoms with Crippen LogP contribution in [0.15, 0.2) is 0 Å². The minimum absolute atomic E-state index is 0.247. The van der Waals surface area contributed by atoms with Gasteiger partial charge in [0.05, 0.1) is 6.42 Å². The number of carbonyl (C=O) groups is 2. The van der Waals surface area contributed by atoms with Crippen LogP contribution in [0.5, 0.6) is 0 Å². The Hall–Kier alpha value is -1.15. The number of hydrogen-bond donors (Lipinski definition) is 3. The van der Waals surface area contributed by atoms with Crippen LogP contribution in [0.2, 0.25) is 0 Å². The van der Waals surface area contributed by atoms with E-state index in [2.05, 4.69) is 6.92 Å². The molecule has 0 aliphatic rings. The van der Waals surface area contributed by atoms with Gasteiger partial charge in [-0.1, -0.05) is 90.4 Å². The molecule has 0 aromatic carbocycles. The molecule has 0 rings (SSSR count). The molecule has 0 aromatic rings. The lowest BCUT2D eigenvalue weighted by molar-refractivity contribution is -0.147. The van der Waals surface area contributed by atoms with Gasteiger partial charge in [-0.25, -0.2) is 0 Å². The molecule has 1 atom stereocenters. The van der Waals surface area contributed by atoms with Gasteiger partial charge >= 0.3 is 11.9 Å². The Bertz CT molecular complexity index is 530. The average Bonchev–Trinajstić information content (AvgIpc) is 2.56. The topological polar surface area (TPSA) is 129 Å². The molecule has 0 saturated heterocycles. The molecule has 0 amide bonds. The van der Waals surface area contributed by atoms with E-state index in [1.807, 2.05) is 0 Å². The average molecular weight is 409 g/mol. The molecule has 27 heavy (non-hydrogen) atoms. The van der Waals surface area contributed by atoms with Crippen LogP contribution < -0.4 is 0 Å². The maximum atomic E-state index is 11.5. The molecule has 3 N–H and O–H groups in total. The molecule has 0 aliphatic carbocycles. The van der Waals surface area contributed by atoms with Crippen molar-refractivity contribution in [3.05, 3.63) is 0 Å². The number of aliphatic carboxylic acids is 2. The highest BCUT2D eigenvalue weighted by atomic mass is 32.2. The lowest BCUT2D eigenvalue weighted by atomic mass is 9.96. The molecule has 0 bridgehead atoms. The predicted octanol–water partition coefficient (Wildman–Crippen LogP) is 4.65. The lowest BCUT2D eigenvalue weighted by Crippen LogP contribution is -2.48. The Labute approximate surface area is 163 Å². The van der Waals surface area contributed by atoms with E-state index in [0.717, 1.165) is 25.7 Å². The molecule has 8 heteroatoms. The zero-order chi connectivity index (χ0) is 20.8. The summed E-state index contributed by atoms with van der Waals surface area (Å²) in [6.07, 6.45) is 12.4. The van der Waals surface area contributed by atoms with E-state index in [1.165, 1.54) is 44.9 Å². The number of hydrogen-bond acceptors (Lipinski definition) is 4. The predicted molar refractivity (Wildman–Crippen MR) is 104 cm³/mol. The molecule has 7 nitrogen and oxygen atoms in total. The van der Waals surface area contributed by atoms with Crippen LogP contribution >= 0.6 is 0 Å². The van der Waals surface area contributed by atoms with Crippen molar-refractivity contribution >= 4 is 22.1 Å². The molecule has 1 unspecified atom stereocenters. The zero-order valence-corrected chi connectivity index (χ0v) is 17.3. The monoisotopic (exact) mass is 408 g/mol. The zero-order valence-electron chi connectivity index (χ0n) is 16.5. The molecule has 0 radical (unpaired) electrons. The summed E-state index contributed by atoms with van der Waals surface area (Å²) in [4.78, 5) is 22.2. The van der Waals surface area contributed by atoms with Crippen molar-refractivity contribution in [3.8, 4) is 0 Å². The van der Waals surface area contributed by atoms with Gasteiger partial charge in [-0.15, -0.1) is 0 Å². The molecular formula is C19H36O7S. The van der Waals surface area contributed by atoms with E-state index in [1.54, 1.807) is 0 Å². The smallest absolute Gasteiger partial charge is 0.328 e. The van der Waals surface area contributed by atoms with Crippen LogP contribution in [-0.2, 0) is 19.7 Å². The fourth-order valence-corrected chi connectivity index (χ4v) is 4.20. The fourth-order valence-electron chi connectivity index (χ4n) is 3.27. The molecule has 0 aliphatic heterocycles. The first-order valence-corrected chi connectivity index (χ1v) is 11.5.